The summed E-state index contributed by atoms with van der Waals surface area (Å²) in [6, 6.07) is 0. The minimum Gasteiger partial charge on any atom is -0.462 e. The smallest absolute Gasteiger partial charge is 0.306 e. The molecule has 0 N–H and O–H groups in total. The first-order chi connectivity index (χ1) is 28.6. The van der Waals surface area contributed by atoms with Crippen LogP contribution in [0.2, 0.25) is 0 Å². The Labute approximate surface area is 368 Å². The van der Waals surface area contributed by atoms with Crippen molar-refractivity contribution in [1.82, 2.24) is 0 Å². The minimum absolute atomic E-state index is 0.0655. The lowest BCUT2D eigenvalue weighted by Crippen LogP contribution is -2.30. The lowest BCUT2D eigenvalue weighted by atomic mass is 10.0. The fourth-order valence-electron chi connectivity index (χ4n) is 7.94. The monoisotopic (exact) mass is 835 g/mol. The van der Waals surface area contributed by atoms with Gasteiger partial charge in [-0.15, -0.1) is 0 Å². The zero-order valence-corrected chi connectivity index (χ0v) is 40.5. The SMILES string of the molecule is CC(C)CCCCCCCCCCCCCCCCCC(=O)OC[C@H](COC(=O)CCCCCCCCCCCCCC(C)C)OC(=O)CCCCCCCCC(C)C. The lowest BCUT2D eigenvalue weighted by Gasteiger charge is -2.18. The van der Waals surface area contributed by atoms with Crippen molar-refractivity contribution < 1.29 is 28.6 Å². The Bertz CT molecular complexity index is 914. The molecule has 0 aromatic heterocycles. The van der Waals surface area contributed by atoms with Crippen LogP contribution in [0.4, 0.5) is 0 Å². The number of esters is 3. The first-order valence-electron chi connectivity index (χ1n) is 26.1. The molecule has 6 heteroatoms. The van der Waals surface area contributed by atoms with Crippen molar-refractivity contribution in [2.75, 3.05) is 13.2 Å². The van der Waals surface area contributed by atoms with Gasteiger partial charge in [0.2, 0.25) is 0 Å². The third kappa shape index (κ3) is 47.3. The second-order valence-electron chi connectivity index (χ2n) is 19.6. The molecule has 0 saturated heterocycles. The molecule has 0 aromatic rings. The number of hydrogen-bond donors (Lipinski definition) is 0. The predicted octanol–water partition coefficient (Wildman–Crippen LogP) is 16.8. The van der Waals surface area contributed by atoms with E-state index in [2.05, 4.69) is 41.5 Å². The van der Waals surface area contributed by atoms with E-state index in [0.717, 1.165) is 75.5 Å². The maximum absolute atomic E-state index is 12.7. The Balaban J connectivity index is 4.23. The summed E-state index contributed by atoms with van der Waals surface area (Å²) in [4.78, 5) is 37.9. The van der Waals surface area contributed by atoms with Gasteiger partial charge in [0.15, 0.2) is 6.10 Å². The van der Waals surface area contributed by atoms with Gasteiger partial charge in [0.25, 0.3) is 0 Å². The van der Waals surface area contributed by atoms with E-state index in [1.54, 1.807) is 0 Å². The van der Waals surface area contributed by atoms with Gasteiger partial charge in [0.1, 0.15) is 13.2 Å². The van der Waals surface area contributed by atoms with Crippen LogP contribution in [-0.4, -0.2) is 37.2 Å². The van der Waals surface area contributed by atoms with E-state index in [9.17, 15) is 14.4 Å². The lowest BCUT2D eigenvalue weighted by molar-refractivity contribution is -0.167. The molecule has 350 valence electrons. The standard InChI is InChI=1S/C53H102O6/c1-47(2)39-33-27-21-17-13-10-8-7-9-11-15-19-23-30-36-42-51(54)57-45-50(59-53(56)44-38-32-26-25-29-35-41-49(5)6)46-58-52(55)43-37-31-24-20-16-12-14-18-22-28-34-40-48(3)4/h47-50H,7-46H2,1-6H3/t50-/m1/s1. The largest absolute Gasteiger partial charge is 0.462 e. The van der Waals surface area contributed by atoms with Crippen molar-refractivity contribution in [3.63, 3.8) is 0 Å². The highest BCUT2D eigenvalue weighted by Crippen LogP contribution is 2.18. The van der Waals surface area contributed by atoms with Crippen LogP contribution in [0, 0.1) is 17.8 Å². The normalized spacial score (nSPS) is 12.2. The van der Waals surface area contributed by atoms with Crippen LogP contribution in [-0.2, 0) is 28.6 Å². The topological polar surface area (TPSA) is 78.9 Å². The molecule has 0 spiro atoms. The molecule has 6 nitrogen and oxygen atoms in total. The van der Waals surface area contributed by atoms with Crippen molar-refractivity contribution in [2.45, 2.75) is 292 Å². The highest BCUT2D eigenvalue weighted by atomic mass is 16.6. The van der Waals surface area contributed by atoms with Crippen LogP contribution < -0.4 is 0 Å². The summed E-state index contributed by atoms with van der Waals surface area (Å²) in [5, 5.41) is 0. The van der Waals surface area contributed by atoms with Crippen LogP contribution in [0.3, 0.4) is 0 Å². The first-order valence-corrected chi connectivity index (χ1v) is 26.1. The Morgan fingerprint density at radius 2 is 0.492 bits per heavy atom. The Hall–Kier alpha value is -1.59. The number of ether oxygens (including phenoxy) is 3. The summed E-state index contributed by atoms with van der Waals surface area (Å²) in [7, 11) is 0. The summed E-state index contributed by atoms with van der Waals surface area (Å²) in [6.07, 6.45) is 43.9. The molecule has 0 saturated carbocycles. The fraction of sp³-hybridized carbons (Fsp3) is 0.943. The second kappa shape index (κ2) is 44.5. The van der Waals surface area contributed by atoms with Crippen LogP contribution in [0.1, 0.15) is 286 Å². The van der Waals surface area contributed by atoms with E-state index in [1.165, 1.54) is 167 Å². The van der Waals surface area contributed by atoms with Gasteiger partial charge in [-0.25, -0.2) is 0 Å². The molecule has 59 heavy (non-hydrogen) atoms. The highest BCUT2D eigenvalue weighted by molar-refractivity contribution is 5.71. The van der Waals surface area contributed by atoms with E-state index in [1.807, 2.05) is 0 Å². The summed E-state index contributed by atoms with van der Waals surface area (Å²) < 4.78 is 16.8. The number of hydrogen-bond acceptors (Lipinski definition) is 6. The maximum Gasteiger partial charge on any atom is 0.306 e. The number of carbonyl (C=O) groups excluding carboxylic acids is 3. The molecule has 0 aliphatic rings. The average molecular weight is 835 g/mol. The number of rotatable bonds is 46. The molecule has 0 aromatic carbocycles. The van der Waals surface area contributed by atoms with E-state index in [0.29, 0.717) is 19.3 Å². The van der Waals surface area contributed by atoms with Crippen LogP contribution >= 0.6 is 0 Å². The molecule has 0 fully saturated rings. The van der Waals surface area contributed by atoms with Crippen molar-refractivity contribution >= 4 is 17.9 Å². The second-order valence-corrected chi connectivity index (χ2v) is 19.6. The molecule has 0 rings (SSSR count). The molecule has 0 aliphatic heterocycles. The fourth-order valence-corrected chi connectivity index (χ4v) is 7.94. The molecule has 0 radical (unpaired) electrons. The highest BCUT2D eigenvalue weighted by Gasteiger charge is 2.19. The van der Waals surface area contributed by atoms with Gasteiger partial charge in [0.05, 0.1) is 0 Å². The van der Waals surface area contributed by atoms with Gasteiger partial charge in [0, 0.05) is 19.3 Å². The van der Waals surface area contributed by atoms with E-state index in [4.69, 9.17) is 14.2 Å². The molecule has 0 amide bonds. The van der Waals surface area contributed by atoms with Crippen molar-refractivity contribution in [2.24, 2.45) is 17.8 Å². The van der Waals surface area contributed by atoms with E-state index >= 15 is 0 Å². The molecule has 0 bridgehead atoms. The Morgan fingerprint density at radius 1 is 0.288 bits per heavy atom. The Kier molecular flexibility index (Phi) is 43.3. The zero-order valence-electron chi connectivity index (χ0n) is 40.5. The van der Waals surface area contributed by atoms with Crippen molar-refractivity contribution in [1.29, 1.82) is 0 Å². The summed E-state index contributed by atoms with van der Waals surface area (Å²) in [5.41, 5.74) is 0. The maximum atomic E-state index is 12.7. The van der Waals surface area contributed by atoms with Crippen LogP contribution in [0.25, 0.3) is 0 Å². The van der Waals surface area contributed by atoms with E-state index < -0.39 is 6.10 Å². The molecular weight excluding hydrogens is 733 g/mol. The Morgan fingerprint density at radius 3 is 0.729 bits per heavy atom. The van der Waals surface area contributed by atoms with Gasteiger partial charge in [-0.1, -0.05) is 247 Å². The van der Waals surface area contributed by atoms with Crippen molar-refractivity contribution in [3.8, 4) is 0 Å². The van der Waals surface area contributed by atoms with Gasteiger partial charge >= 0.3 is 17.9 Å². The quantitative estimate of drug-likeness (QED) is 0.0345. The predicted molar refractivity (Wildman–Crippen MR) is 252 cm³/mol. The number of unbranched alkanes of at least 4 members (excludes halogenated alkanes) is 29. The first kappa shape index (κ1) is 57.4. The third-order valence-corrected chi connectivity index (χ3v) is 11.9. The average Bonchev–Trinajstić information content (AvgIpc) is 3.19. The number of carbonyl (C=O) groups is 3. The zero-order chi connectivity index (χ0) is 43.4. The van der Waals surface area contributed by atoms with Gasteiger partial charge in [-0.3, -0.25) is 14.4 Å². The van der Waals surface area contributed by atoms with Gasteiger partial charge in [-0.05, 0) is 37.0 Å². The molecule has 0 aliphatic carbocycles. The summed E-state index contributed by atoms with van der Waals surface area (Å²) >= 11 is 0. The molecule has 1 atom stereocenters. The summed E-state index contributed by atoms with van der Waals surface area (Å²) in [5.74, 6) is 1.58. The van der Waals surface area contributed by atoms with Gasteiger partial charge in [-0.2, -0.15) is 0 Å². The minimum atomic E-state index is -0.763. The third-order valence-electron chi connectivity index (χ3n) is 11.9. The van der Waals surface area contributed by atoms with Crippen LogP contribution in [0.5, 0.6) is 0 Å². The van der Waals surface area contributed by atoms with Crippen molar-refractivity contribution in [3.05, 3.63) is 0 Å². The summed E-state index contributed by atoms with van der Waals surface area (Å²) in [6.45, 7) is 13.7. The molecular formula is C53H102O6. The molecule has 0 heterocycles. The molecule has 0 unspecified atom stereocenters. The van der Waals surface area contributed by atoms with Gasteiger partial charge < -0.3 is 14.2 Å². The van der Waals surface area contributed by atoms with Crippen LogP contribution in [0.15, 0.2) is 0 Å². The van der Waals surface area contributed by atoms with E-state index in [-0.39, 0.29) is 31.1 Å².